The molecular weight excluding hydrogens is 852 g/mol. The molecule has 0 saturated heterocycles. The molecule has 9 heteroatoms. The Morgan fingerprint density at radius 3 is 1.15 bits per heavy atom. The SMILES string of the molecule is CCCCCCCC/C=C\CCCCCCCC(=O)NC(COP(=O)(O)OCC[N+](C)(C)C)C(O)/C=C/CCCCCCCCCCCCCCCCCCCCCCCCCCCCCC. The number of hydrogen-bond acceptors (Lipinski definition) is 5. The van der Waals surface area contributed by atoms with Crippen molar-refractivity contribution in [2.45, 2.75) is 302 Å². The summed E-state index contributed by atoms with van der Waals surface area (Å²) in [5, 5.41) is 13.9. The van der Waals surface area contributed by atoms with E-state index in [4.69, 9.17) is 9.05 Å². The van der Waals surface area contributed by atoms with Gasteiger partial charge in [-0.25, -0.2) is 4.57 Å². The number of unbranched alkanes of at least 4 members (excludes halogenated alkanes) is 39. The lowest BCUT2D eigenvalue weighted by molar-refractivity contribution is -0.870. The van der Waals surface area contributed by atoms with E-state index in [1.54, 1.807) is 6.08 Å². The first kappa shape index (κ1) is 66.0. The number of hydrogen-bond donors (Lipinski definition) is 3. The average molecular weight is 969 g/mol. The van der Waals surface area contributed by atoms with Crippen LogP contribution in [0.2, 0.25) is 0 Å². The number of nitrogens with one attached hydrogen (secondary N) is 1. The van der Waals surface area contributed by atoms with Gasteiger partial charge >= 0.3 is 7.82 Å². The van der Waals surface area contributed by atoms with Crippen LogP contribution in [0.4, 0.5) is 0 Å². The number of phosphoric acid groups is 1. The topological polar surface area (TPSA) is 105 Å². The zero-order chi connectivity index (χ0) is 49.2. The molecule has 0 fully saturated rings. The number of aliphatic hydroxyl groups excluding tert-OH is 1. The molecule has 0 aromatic heterocycles. The number of aliphatic hydroxyl groups is 1. The first-order valence-corrected chi connectivity index (χ1v) is 30.7. The Hall–Kier alpha value is -1.02. The van der Waals surface area contributed by atoms with Gasteiger partial charge in [-0.15, -0.1) is 0 Å². The van der Waals surface area contributed by atoms with Crippen molar-refractivity contribution in [2.75, 3.05) is 40.9 Å². The largest absolute Gasteiger partial charge is 0.472 e. The van der Waals surface area contributed by atoms with Gasteiger partial charge in [0.1, 0.15) is 13.2 Å². The van der Waals surface area contributed by atoms with E-state index in [9.17, 15) is 19.4 Å². The molecule has 0 radical (unpaired) electrons. The molecule has 3 unspecified atom stereocenters. The molecule has 8 nitrogen and oxygen atoms in total. The van der Waals surface area contributed by atoms with Crippen LogP contribution in [0.5, 0.6) is 0 Å². The highest BCUT2D eigenvalue weighted by atomic mass is 31.2. The maximum Gasteiger partial charge on any atom is 0.472 e. The van der Waals surface area contributed by atoms with Gasteiger partial charge in [0.25, 0.3) is 0 Å². The van der Waals surface area contributed by atoms with Crippen LogP contribution in [0.3, 0.4) is 0 Å². The molecule has 0 heterocycles. The number of nitrogens with zero attached hydrogens (tertiary/aromatic N) is 1. The van der Waals surface area contributed by atoms with Gasteiger partial charge in [-0.3, -0.25) is 13.8 Å². The molecule has 3 atom stereocenters. The van der Waals surface area contributed by atoms with Crippen molar-refractivity contribution in [1.82, 2.24) is 5.32 Å². The fourth-order valence-electron chi connectivity index (χ4n) is 8.80. The van der Waals surface area contributed by atoms with Gasteiger partial charge in [-0.1, -0.05) is 263 Å². The molecule has 0 aliphatic rings. The van der Waals surface area contributed by atoms with Gasteiger partial charge in [-0.05, 0) is 44.9 Å². The van der Waals surface area contributed by atoms with E-state index in [2.05, 4.69) is 31.3 Å². The normalized spacial score (nSPS) is 14.1. The molecular formula is C58H116N2O6P+. The van der Waals surface area contributed by atoms with E-state index in [0.29, 0.717) is 17.4 Å². The standard InChI is InChI=1S/C58H115N2O6P/c1-6-8-10-12-14-16-18-20-22-23-24-25-26-27-28-29-30-31-32-33-34-35-36-38-39-41-43-45-47-49-51-57(61)56(55-66-67(63,64)65-54-53-60(3,4)5)59-58(62)52-50-48-46-44-42-40-37-21-19-17-15-13-11-9-7-2/h21,37,49,51,56-57,61H,6-20,22-36,38-48,50,52-55H2,1-5H3,(H-,59,62,63,64)/p+1/b37-21-,51-49+. The second-order valence-electron chi connectivity index (χ2n) is 21.4. The summed E-state index contributed by atoms with van der Waals surface area (Å²) in [4.78, 5) is 23.2. The van der Waals surface area contributed by atoms with Crippen LogP contribution >= 0.6 is 7.82 Å². The summed E-state index contributed by atoms with van der Waals surface area (Å²) in [5.74, 6) is -0.182. The van der Waals surface area contributed by atoms with Crippen molar-refractivity contribution in [2.24, 2.45) is 0 Å². The summed E-state index contributed by atoms with van der Waals surface area (Å²) in [5.41, 5.74) is 0. The highest BCUT2D eigenvalue weighted by Gasteiger charge is 2.27. The van der Waals surface area contributed by atoms with E-state index >= 15 is 0 Å². The van der Waals surface area contributed by atoms with Gasteiger partial charge in [0, 0.05) is 6.42 Å². The lowest BCUT2D eigenvalue weighted by Crippen LogP contribution is -2.45. The predicted octanol–water partition coefficient (Wildman–Crippen LogP) is 17.6. The minimum Gasteiger partial charge on any atom is -0.387 e. The van der Waals surface area contributed by atoms with Crippen molar-refractivity contribution < 1.29 is 32.9 Å². The highest BCUT2D eigenvalue weighted by Crippen LogP contribution is 2.43. The lowest BCUT2D eigenvalue weighted by Gasteiger charge is -2.25. The number of rotatable bonds is 54. The van der Waals surface area contributed by atoms with Crippen LogP contribution in [-0.2, 0) is 18.4 Å². The average Bonchev–Trinajstić information content (AvgIpc) is 3.29. The van der Waals surface area contributed by atoms with Gasteiger partial charge in [0.05, 0.1) is 39.9 Å². The number of allylic oxidation sites excluding steroid dienone is 3. The number of amides is 1. The Labute approximate surface area is 417 Å². The van der Waals surface area contributed by atoms with Crippen LogP contribution in [-0.4, -0.2) is 73.4 Å². The molecule has 0 spiro atoms. The highest BCUT2D eigenvalue weighted by molar-refractivity contribution is 7.47. The quantitative estimate of drug-likeness (QED) is 0.0243. The van der Waals surface area contributed by atoms with Crippen LogP contribution < -0.4 is 5.32 Å². The van der Waals surface area contributed by atoms with Crippen molar-refractivity contribution in [1.29, 1.82) is 0 Å². The molecule has 0 rings (SSSR count). The number of phosphoric ester groups is 1. The third kappa shape index (κ3) is 52.6. The Morgan fingerprint density at radius 1 is 0.493 bits per heavy atom. The molecule has 1 amide bonds. The zero-order valence-corrected chi connectivity index (χ0v) is 46.3. The van der Waals surface area contributed by atoms with Crippen LogP contribution in [0.1, 0.15) is 290 Å². The summed E-state index contributed by atoms with van der Waals surface area (Å²) in [6, 6.07) is -0.849. The van der Waals surface area contributed by atoms with Crippen molar-refractivity contribution in [3.8, 4) is 0 Å². The molecule has 3 N–H and O–H groups in total. The van der Waals surface area contributed by atoms with Gasteiger partial charge in [-0.2, -0.15) is 0 Å². The van der Waals surface area contributed by atoms with Crippen molar-refractivity contribution >= 4 is 13.7 Å². The maximum absolute atomic E-state index is 12.9. The summed E-state index contributed by atoms with van der Waals surface area (Å²) in [6.07, 6.45) is 62.9. The van der Waals surface area contributed by atoms with Gasteiger partial charge in [0.15, 0.2) is 0 Å². The predicted molar refractivity (Wildman–Crippen MR) is 291 cm³/mol. The Balaban J connectivity index is 4.10. The second-order valence-corrected chi connectivity index (χ2v) is 22.8. The zero-order valence-electron chi connectivity index (χ0n) is 45.4. The first-order valence-electron chi connectivity index (χ1n) is 29.2. The monoisotopic (exact) mass is 968 g/mol. The van der Waals surface area contributed by atoms with Crippen molar-refractivity contribution in [3.63, 3.8) is 0 Å². The van der Waals surface area contributed by atoms with E-state index < -0.39 is 20.0 Å². The Morgan fingerprint density at radius 2 is 0.806 bits per heavy atom. The summed E-state index contributed by atoms with van der Waals surface area (Å²) in [7, 11) is 1.58. The first-order chi connectivity index (χ1) is 32.5. The number of carbonyl (C=O) groups excluding carboxylic acids is 1. The van der Waals surface area contributed by atoms with E-state index in [0.717, 1.165) is 51.4 Å². The minimum absolute atomic E-state index is 0.0614. The van der Waals surface area contributed by atoms with Crippen LogP contribution in [0.15, 0.2) is 24.3 Å². The van der Waals surface area contributed by atoms with E-state index in [1.165, 1.54) is 218 Å². The van der Waals surface area contributed by atoms with E-state index in [1.807, 2.05) is 27.2 Å². The smallest absolute Gasteiger partial charge is 0.387 e. The number of likely N-dealkylation sites (N-methyl/N-ethyl adjacent to an activating group) is 1. The van der Waals surface area contributed by atoms with E-state index in [-0.39, 0.29) is 19.1 Å². The fourth-order valence-corrected chi connectivity index (χ4v) is 9.54. The third-order valence-electron chi connectivity index (χ3n) is 13.4. The maximum atomic E-state index is 12.9. The Kier molecular flexibility index (Phi) is 49.2. The van der Waals surface area contributed by atoms with Crippen molar-refractivity contribution in [3.05, 3.63) is 24.3 Å². The molecule has 0 aromatic carbocycles. The molecule has 398 valence electrons. The lowest BCUT2D eigenvalue weighted by atomic mass is 10.0. The third-order valence-corrected chi connectivity index (χ3v) is 14.4. The number of quaternary nitrogens is 1. The summed E-state index contributed by atoms with van der Waals surface area (Å²) in [6.45, 7) is 4.84. The fraction of sp³-hybridized carbons (Fsp3) is 0.914. The Bertz CT molecular complexity index is 1140. The molecule has 0 aliphatic carbocycles. The summed E-state index contributed by atoms with van der Waals surface area (Å²) < 4.78 is 23.7. The summed E-state index contributed by atoms with van der Waals surface area (Å²) >= 11 is 0. The van der Waals surface area contributed by atoms with Gasteiger partial charge < -0.3 is 19.8 Å². The molecule has 0 aliphatic heterocycles. The minimum atomic E-state index is -4.35. The molecule has 0 aromatic rings. The molecule has 67 heavy (non-hydrogen) atoms. The van der Waals surface area contributed by atoms with Crippen LogP contribution in [0.25, 0.3) is 0 Å². The van der Waals surface area contributed by atoms with Crippen LogP contribution in [0, 0.1) is 0 Å². The molecule has 0 saturated carbocycles. The van der Waals surface area contributed by atoms with Gasteiger partial charge in [0.2, 0.25) is 5.91 Å². The number of carbonyl (C=O) groups is 1. The molecule has 0 bridgehead atoms. The second kappa shape index (κ2) is 49.9.